The molecule has 1 saturated heterocycles. The Morgan fingerprint density at radius 2 is 2.09 bits per heavy atom. The van der Waals surface area contributed by atoms with E-state index in [0.29, 0.717) is 11.8 Å². The molecule has 22 heavy (non-hydrogen) atoms. The number of nitrogens with one attached hydrogen (secondary N) is 1. The van der Waals surface area contributed by atoms with Gasteiger partial charge in [-0.2, -0.15) is 0 Å². The maximum absolute atomic E-state index is 12.7. The van der Waals surface area contributed by atoms with Gasteiger partial charge in [-0.1, -0.05) is 20.3 Å². The van der Waals surface area contributed by atoms with Crippen LogP contribution in [0.15, 0.2) is 0 Å². The number of hydrogen-bond donors (Lipinski definition) is 3. The van der Waals surface area contributed by atoms with Crippen LogP contribution in [0.25, 0.3) is 0 Å². The maximum Gasteiger partial charge on any atom is 0.318 e. The Bertz CT molecular complexity index is 375. The fraction of sp³-hybridized carbons (Fsp3) is 0.941. The van der Waals surface area contributed by atoms with Crippen LogP contribution in [-0.4, -0.2) is 52.5 Å². The summed E-state index contributed by atoms with van der Waals surface area (Å²) in [6, 6.07) is 0.151. The number of nitrogens with zero attached hydrogens (tertiary/aromatic N) is 1. The van der Waals surface area contributed by atoms with Gasteiger partial charge in [0.1, 0.15) is 0 Å². The first-order chi connectivity index (χ1) is 10.5. The van der Waals surface area contributed by atoms with E-state index in [1.807, 2.05) is 4.90 Å². The molecule has 1 heterocycles. The van der Waals surface area contributed by atoms with Gasteiger partial charge >= 0.3 is 6.03 Å². The van der Waals surface area contributed by atoms with Gasteiger partial charge in [0.05, 0.1) is 12.1 Å². The minimum absolute atomic E-state index is 0.0259. The highest BCUT2D eigenvalue weighted by Crippen LogP contribution is 2.35. The van der Waals surface area contributed by atoms with Crippen molar-refractivity contribution in [1.82, 2.24) is 10.2 Å². The molecule has 5 nitrogen and oxygen atoms in total. The zero-order chi connectivity index (χ0) is 16.2. The molecule has 2 rings (SSSR count). The molecule has 1 aliphatic heterocycles. The number of amides is 2. The van der Waals surface area contributed by atoms with Gasteiger partial charge < -0.3 is 20.4 Å². The van der Waals surface area contributed by atoms with Crippen LogP contribution in [-0.2, 0) is 0 Å². The van der Waals surface area contributed by atoms with Crippen molar-refractivity contribution < 1.29 is 15.0 Å². The summed E-state index contributed by atoms with van der Waals surface area (Å²) in [6.45, 7) is 5.24. The van der Waals surface area contributed by atoms with E-state index in [1.54, 1.807) is 0 Å². The Morgan fingerprint density at radius 1 is 1.32 bits per heavy atom. The Balaban J connectivity index is 2.01. The smallest absolute Gasteiger partial charge is 0.318 e. The summed E-state index contributed by atoms with van der Waals surface area (Å²) < 4.78 is 0. The van der Waals surface area contributed by atoms with Crippen molar-refractivity contribution in [3.8, 4) is 0 Å². The second-order valence-corrected chi connectivity index (χ2v) is 7.49. The van der Waals surface area contributed by atoms with Gasteiger partial charge in [0.25, 0.3) is 0 Å². The normalized spacial score (nSPS) is 32.0. The quantitative estimate of drug-likeness (QED) is 0.703. The number of carbonyl (C=O) groups excluding carboxylic acids is 1. The molecule has 1 saturated carbocycles. The lowest BCUT2D eigenvalue weighted by Gasteiger charge is -2.39. The molecule has 0 aromatic carbocycles. The van der Waals surface area contributed by atoms with E-state index in [4.69, 9.17) is 5.11 Å². The van der Waals surface area contributed by atoms with Gasteiger partial charge in [-0.05, 0) is 50.4 Å². The highest BCUT2D eigenvalue weighted by atomic mass is 16.3. The number of likely N-dealkylation sites (tertiary alicyclic amines) is 1. The topological polar surface area (TPSA) is 72.8 Å². The number of hydrogen-bond acceptors (Lipinski definition) is 3. The highest BCUT2D eigenvalue weighted by molar-refractivity contribution is 5.76. The molecule has 0 bridgehead atoms. The summed E-state index contributed by atoms with van der Waals surface area (Å²) in [5.74, 6) is 0.847. The van der Waals surface area contributed by atoms with Crippen LogP contribution in [0.1, 0.15) is 58.8 Å². The second kappa shape index (κ2) is 7.64. The van der Waals surface area contributed by atoms with Crippen LogP contribution in [0.3, 0.4) is 0 Å². The third-order valence-corrected chi connectivity index (χ3v) is 5.39. The van der Waals surface area contributed by atoms with Crippen LogP contribution in [0, 0.1) is 11.8 Å². The SMILES string of the molecule is CC(C)C[C@]1(CO)CCCN1C(=O)N[C@H]1CCC[C@@H]1CCO. The van der Waals surface area contributed by atoms with Gasteiger partial charge in [0.2, 0.25) is 0 Å². The lowest BCUT2D eigenvalue weighted by molar-refractivity contribution is 0.0657. The van der Waals surface area contributed by atoms with Gasteiger partial charge in [0.15, 0.2) is 0 Å². The van der Waals surface area contributed by atoms with Crippen LogP contribution < -0.4 is 5.32 Å². The Kier molecular flexibility index (Phi) is 6.09. The predicted molar refractivity (Wildman–Crippen MR) is 86.6 cm³/mol. The van der Waals surface area contributed by atoms with Crippen molar-refractivity contribution >= 4 is 6.03 Å². The van der Waals surface area contributed by atoms with Gasteiger partial charge in [-0.3, -0.25) is 0 Å². The Hall–Kier alpha value is -0.810. The van der Waals surface area contributed by atoms with Gasteiger partial charge in [-0.15, -0.1) is 0 Å². The zero-order valence-electron chi connectivity index (χ0n) is 14.1. The molecular formula is C17H32N2O3. The molecule has 2 fully saturated rings. The van der Waals surface area contributed by atoms with Crippen LogP contribution in [0.4, 0.5) is 4.79 Å². The molecule has 0 aromatic rings. The number of urea groups is 1. The van der Waals surface area contributed by atoms with E-state index in [1.165, 1.54) is 0 Å². The average Bonchev–Trinajstić information content (AvgIpc) is 3.06. The number of aliphatic hydroxyl groups excluding tert-OH is 2. The van der Waals surface area contributed by atoms with E-state index < -0.39 is 0 Å². The van der Waals surface area contributed by atoms with Crippen molar-refractivity contribution in [2.75, 3.05) is 19.8 Å². The first-order valence-electron chi connectivity index (χ1n) is 8.82. The Morgan fingerprint density at radius 3 is 2.73 bits per heavy atom. The monoisotopic (exact) mass is 312 g/mol. The molecule has 5 heteroatoms. The lowest BCUT2D eigenvalue weighted by atomic mass is 9.87. The molecule has 3 N–H and O–H groups in total. The minimum Gasteiger partial charge on any atom is -0.396 e. The molecule has 128 valence electrons. The molecule has 1 aliphatic carbocycles. The summed E-state index contributed by atoms with van der Waals surface area (Å²) in [5.41, 5.74) is -0.386. The van der Waals surface area contributed by atoms with Crippen LogP contribution in [0.2, 0.25) is 0 Å². The molecule has 0 spiro atoms. The fourth-order valence-electron chi connectivity index (χ4n) is 4.43. The van der Waals surface area contributed by atoms with E-state index in [9.17, 15) is 9.90 Å². The summed E-state index contributed by atoms with van der Waals surface area (Å²) in [6.07, 6.45) is 6.67. The number of aliphatic hydroxyl groups is 2. The van der Waals surface area contributed by atoms with Crippen molar-refractivity contribution in [2.45, 2.75) is 70.4 Å². The third kappa shape index (κ3) is 3.74. The first-order valence-corrected chi connectivity index (χ1v) is 8.82. The number of rotatable bonds is 6. The van der Waals surface area contributed by atoms with E-state index in [-0.39, 0.29) is 30.8 Å². The zero-order valence-corrected chi connectivity index (χ0v) is 14.1. The minimum atomic E-state index is -0.386. The molecule has 0 aromatic heterocycles. The van der Waals surface area contributed by atoms with Crippen molar-refractivity contribution in [3.05, 3.63) is 0 Å². The molecule has 3 atom stereocenters. The lowest BCUT2D eigenvalue weighted by Crippen LogP contribution is -2.56. The van der Waals surface area contributed by atoms with Crippen molar-refractivity contribution in [2.24, 2.45) is 11.8 Å². The molecular weight excluding hydrogens is 280 g/mol. The highest BCUT2D eigenvalue weighted by Gasteiger charge is 2.44. The van der Waals surface area contributed by atoms with Crippen LogP contribution in [0.5, 0.6) is 0 Å². The molecule has 2 aliphatic rings. The van der Waals surface area contributed by atoms with Gasteiger partial charge in [-0.25, -0.2) is 4.79 Å². The standard InChI is InChI=1S/C17H32N2O3/c1-13(2)11-17(12-21)8-4-9-19(17)16(22)18-15-6-3-5-14(15)7-10-20/h13-15,20-21H,3-12H2,1-2H3,(H,18,22)/t14-,15+,17+/m1/s1. The predicted octanol–water partition coefficient (Wildman–Crippen LogP) is 2.12. The van der Waals surface area contributed by atoms with E-state index in [0.717, 1.165) is 51.5 Å². The van der Waals surface area contributed by atoms with E-state index >= 15 is 0 Å². The van der Waals surface area contributed by atoms with Crippen molar-refractivity contribution in [1.29, 1.82) is 0 Å². The maximum atomic E-state index is 12.7. The second-order valence-electron chi connectivity index (χ2n) is 7.49. The fourth-order valence-corrected chi connectivity index (χ4v) is 4.43. The van der Waals surface area contributed by atoms with E-state index in [2.05, 4.69) is 19.2 Å². The number of carbonyl (C=O) groups is 1. The summed E-state index contributed by atoms with van der Waals surface area (Å²) in [5, 5.41) is 22.3. The summed E-state index contributed by atoms with van der Waals surface area (Å²) in [7, 11) is 0. The molecule has 0 radical (unpaired) electrons. The van der Waals surface area contributed by atoms with Gasteiger partial charge in [0, 0.05) is 19.2 Å². The average molecular weight is 312 g/mol. The summed E-state index contributed by atoms with van der Waals surface area (Å²) >= 11 is 0. The largest absolute Gasteiger partial charge is 0.396 e. The molecule has 0 unspecified atom stereocenters. The molecule has 2 amide bonds. The van der Waals surface area contributed by atoms with Crippen LogP contribution >= 0.6 is 0 Å². The Labute approximate surface area is 134 Å². The first kappa shape index (κ1) is 17.5. The summed E-state index contributed by atoms with van der Waals surface area (Å²) in [4.78, 5) is 14.6. The van der Waals surface area contributed by atoms with Crippen molar-refractivity contribution in [3.63, 3.8) is 0 Å². The third-order valence-electron chi connectivity index (χ3n) is 5.39.